The van der Waals surface area contributed by atoms with Gasteiger partial charge in [-0.05, 0) is 47.1 Å². The van der Waals surface area contributed by atoms with Crippen LogP contribution in [0.15, 0.2) is 60.4 Å². The van der Waals surface area contributed by atoms with E-state index in [2.05, 4.69) is 42.1 Å². The van der Waals surface area contributed by atoms with Gasteiger partial charge in [-0.15, -0.1) is 5.10 Å². The number of hydrogen-bond acceptors (Lipinski definition) is 6. The number of aryl methyl sites for hydroxylation is 1. The molecule has 0 aliphatic rings. The fraction of sp³-hybridized carbons (Fsp3) is 0.0667. The molecule has 0 amide bonds. The highest BCUT2D eigenvalue weighted by atomic mass is 79.9. The Balaban J connectivity index is 0.000000289. The molecule has 2 aromatic carbocycles. The van der Waals surface area contributed by atoms with Gasteiger partial charge in [0, 0.05) is 10.0 Å². The van der Waals surface area contributed by atoms with Crippen LogP contribution in [-0.4, -0.2) is 35.5 Å². The van der Waals surface area contributed by atoms with Gasteiger partial charge in [-0.2, -0.15) is 13.5 Å². The van der Waals surface area contributed by atoms with Gasteiger partial charge in [0.15, 0.2) is 0 Å². The standard InChI is InChI=1S/C8H8Br2N4O2.C7H8O3S/c9-5-1-4(7(15)6(10)2-5)3-12-13-8(11)14-16;1-6-2-4-7(5-3-6)11(8,9)10/h1-3,15-16H,(H3,11,13,14);2-5H,1H3,(H,8,9,10)/b12-3-;. The summed E-state index contributed by atoms with van der Waals surface area (Å²) in [6, 6.07) is 9.34. The van der Waals surface area contributed by atoms with Gasteiger partial charge in [0.05, 0.1) is 15.6 Å². The minimum absolute atomic E-state index is 0.0395. The van der Waals surface area contributed by atoms with Crippen LogP contribution in [-0.2, 0) is 10.1 Å². The zero-order valence-corrected chi connectivity index (χ0v) is 17.8. The Morgan fingerprint density at radius 2 is 1.81 bits per heavy atom. The van der Waals surface area contributed by atoms with Gasteiger partial charge in [0.1, 0.15) is 5.75 Å². The molecule has 0 spiro atoms. The predicted octanol–water partition coefficient (Wildman–Crippen LogP) is 2.79. The third-order valence-electron chi connectivity index (χ3n) is 2.85. The summed E-state index contributed by atoms with van der Waals surface area (Å²) >= 11 is 6.44. The molecule has 12 heteroatoms. The number of nitrogens with zero attached hydrogens (tertiary/aromatic N) is 2. The van der Waals surface area contributed by atoms with Crippen molar-refractivity contribution in [2.45, 2.75) is 11.8 Å². The van der Waals surface area contributed by atoms with Gasteiger partial charge in [-0.25, -0.2) is 5.48 Å². The molecule has 0 saturated carbocycles. The SMILES string of the molecule is Cc1ccc(S(=O)(=O)O)cc1.N/C(=N\N=C/c1cc(Br)cc(Br)c1O)NO. The minimum atomic E-state index is -4.02. The maximum absolute atomic E-state index is 10.5. The van der Waals surface area contributed by atoms with E-state index in [1.165, 1.54) is 18.3 Å². The highest BCUT2D eigenvalue weighted by Crippen LogP contribution is 2.30. The molecule has 9 nitrogen and oxygen atoms in total. The molecule has 27 heavy (non-hydrogen) atoms. The molecule has 0 bridgehead atoms. The van der Waals surface area contributed by atoms with Gasteiger partial charge in [-0.1, -0.05) is 33.6 Å². The van der Waals surface area contributed by atoms with Crippen LogP contribution in [0.25, 0.3) is 0 Å². The van der Waals surface area contributed by atoms with Crippen LogP contribution < -0.4 is 11.2 Å². The Bertz CT molecular complexity index is 947. The van der Waals surface area contributed by atoms with Crippen LogP contribution in [0.1, 0.15) is 11.1 Å². The van der Waals surface area contributed by atoms with Gasteiger partial charge < -0.3 is 10.8 Å². The van der Waals surface area contributed by atoms with E-state index in [0.29, 0.717) is 10.0 Å². The third kappa shape index (κ3) is 8.05. The summed E-state index contributed by atoms with van der Waals surface area (Å²) in [6.07, 6.45) is 1.30. The molecule has 0 aliphatic carbocycles. The van der Waals surface area contributed by atoms with Crippen LogP contribution in [0.2, 0.25) is 0 Å². The lowest BCUT2D eigenvalue weighted by Crippen LogP contribution is -2.27. The van der Waals surface area contributed by atoms with Gasteiger partial charge in [0.2, 0.25) is 5.96 Å². The second-order valence-corrected chi connectivity index (χ2v) is 8.15. The number of benzene rings is 2. The zero-order chi connectivity index (χ0) is 20.6. The largest absolute Gasteiger partial charge is 0.506 e. The van der Waals surface area contributed by atoms with Crippen LogP contribution in [0.4, 0.5) is 0 Å². The van der Waals surface area contributed by atoms with Crippen molar-refractivity contribution in [3.05, 3.63) is 56.5 Å². The average molecular weight is 524 g/mol. The van der Waals surface area contributed by atoms with Gasteiger partial charge >= 0.3 is 0 Å². The molecular formula is C15H16Br2N4O5S. The van der Waals surface area contributed by atoms with E-state index < -0.39 is 10.1 Å². The molecule has 0 radical (unpaired) electrons. The normalized spacial score (nSPS) is 11.8. The maximum atomic E-state index is 10.5. The fourth-order valence-electron chi connectivity index (χ4n) is 1.57. The predicted molar refractivity (Wildman–Crippen MR) is 109 cm³/mol. The van der Waals surface area contributed by atoms with Crippen molar-refractivity contribution in [3.63, 3.8) is 0 Å². The Labute approximate surface area is 172 Å². The van der Waals surface area contributed by atoms with Crippen molar-refractivity contribution in [3.8, 4) is 5.75 Å². The summed E-state index contributed by atoms with van der Waals surface area (Å²) in [5, 5.41) is 24.9. The molecule has 0 aliphatic heterocycles. The van der Waals surface area contributed by atoms with Gasteiger partial charge in [0.25, 0.3) is 10.1 Å². The fourth-order valence-corrected chi connectivity index (χ4v) is 3.31. The summed E-state index contributed by atoms with van der Waals surface area (Å²) in [5.41, 5.74) is 8.16. The van der Waals surface area contributed by atoms with Crippen LogP contribution >= 0.6 is 31.9 Å². The van der Waals surface area contributed by atoms with Crippen molar-refractivity contribution in [1.29, 1.82) is 0 Å². The first-order chi connectivity index (χ1) is 12.5. The molecule has 0 heterocycles. The molecule has 2 aromatic rings. The highest BCUT2D eigenvalue weighted by molar-refractivity contribution is 9.11. The Hall–Kier alpha value is -1.99. The second kappa shape index (κ2) is 10.4. The number of nitrogens with two attached hydrogens (primary N) is 1. The number of halogens is 2. The summed E-state index contributed by atoms with van der Waals surface area (Å²) < 4.78 is 30.9. The topological polar surface area (TPSA) is 158 Å². The van der Waals surface area contributed by atoms with E-state index in [9.17, 15) is 13.5 Å². The van der Waals surface area contributed by atoms with Crippen LogP contribution in [0, 0.1) is 6.92 Å². The van der Waals surface area contributed by atoms with E-state index in [-0.39, 0.29) is 16.6 Å². The molecule has 0 fully saturated rings. The van der Waals surface area contributed by atoms with Crippen molar-refractivity contribution < 1.29 is 23.3 Å². The maximum Gasteiger partial charge on any atom is 0.294 e. The molecule has 6 N–H and O–H groups in total. The van der Waals surface area contributed by atoms with E-state index in [4.69, 9.17) is 15.5 Å². The molecule has 2 rings (SSSR count). The third-order valence-corrected chi connectivity index (χ3v) is 4.78. The molecule has 0 saturated heterocycles. The first kappa shape index (κ1) is 23.0. The highest BCUT2D eigenvalue weighted by Gasteiger charge is 2.07. The summed E-state index contributed by atoms with van der Waals surface area (Å²) in [5.74, 6) is -0.206. The summed E-state index contributed by atoms with van der Waals surface area (Å²) in [6.45, 7) is 1.84. The Kier molecular flexibility index (Phi) is 8.85. The number of nitrogens with one attached hydrogen (secondary N) is 1. The number of aromatic hydroxyl groups is 1. The number of hydrogen-bond donors (Lipinski definition) is 5. The van der Waals surface area contributed by atoms with E-state index >= 15 is 0 Å². The summed E-state index contributed by atoms with van der Waals surface area (Å²) in [4.78, 5) is -0.0666. The molecule has 0 atom stereocenters. The van der Waals surface area contributed by atoms with E-state index in [1.54, 1.807) is 29.7 Å². The van der Waals surface area contributed by atoms with Crippen molar-refractivity contribution >= 4 is 54.2 Å². The minimum Gasteiger partial charge on any atom is -0.506 e. The zero-order valence-electron chi connectivity index (χ0n) is 13.8. The summed E-state index contributed by atoms with van der Waals surface area (Å²) in [7, 11) is -4.02. The number of rotatable bonds is 3. The van der Waals surface area contributed by atoms with Crippen molar-refractivity contribution in [1.82, 2.24) is 5.48 Å². The van der Waals surface area contributed by atoms with Crippen molar-refractivity contribution in [2.75, 3.05) is 0 Å². The molecule has 0 aromatic heterocycles. The molecular weight excluding hydrogens is 508 g/mol. The number of hydroxylamine groups is 1. The van der Waals surface area contributed by atoms with Crippen LogP contribution in [0.3, 0.4) is 0 Å². The van der Waals surface area contributed by atoms with Crippen molar-refractivity contribution in [2.24, 2.45) is 15.9 Å². The first-order valence-electron chi connectivity index (χ1n) is 7.03. The van der Waals surface area contributed by atoms with E-state index in [1.807, 2.05) is 6.92 Å². The van der Waals surface area contributed by atoms with Gasteiger partial charge in [-0.3, -0.25) is 9.76 Å². The first-order valence-corrected chi connectivity index (χ1v) is 10.1. The number of phenols is 1. The molecule has 146 valence electrons. The Morgan fingerprint density at radius 3 is 2.33 bits per heavy atom. The number of guanidine groups is 1. The quantitative estimate of drug-likeness (QED) is 0.179. The van der Waals surface area contributed by atoms with E-state index in [0.717, 1.165) is 10.0 Å². The lowest BCUT2D eigenvalue weighted by atomic mass is 10.2. The average Bonchev–Trinajstić information content (AvgIpc) is 2.59. The monoisotopic (exact) mass is 522 g/mol. The lowest BCUT2D eigenvalue weighted by molar-refractivity contribution is 0.232. The second-order valence-electron chi connectivity index (χ2n) is 4.96. The van der Waals surface area contributed by atoms with Crippen LogP contribution in [0.5, 0.6) is 5.75 Å². The molecule has 0 unspecified atom stereocenters. The smallest absolute Gasteiger partial charge is 0.294 e. The lowest BCUT2D eigenvalue weighted by Gasteiger charge is -2.01. The Morgan fingerprint density at radius 1 is 1.22 bits per heavy atom. The number of phenolic OH excluding ortho intramolecular Hbond substituents is 1.